The molecule has 0 saturated heterocycles. The lowest BCUT2D eigenvalue weighted by Gasteiger charge is -2.15. The fourth-order valence-electron chi connectivity index (χ4n) is 2.00. The van der Waals surface area contributed by atoms with Crippen LogP contribution in [0.3, 0.4) is 0 Å². The molecule has 0 saturated carbocycles. The van der Waals surface area contributed by atoms with Crippen molar-refractivity contribution in [1.29, 1.82) is 5.26 Å². The van der Waals surface area contributed by atoms with E-state index in [2.05, 4.69) is 26.1 Å². The van der Waals surface area contributed by atoms with Crippen LogP contribution in [0.25, 0.3) is 0 Å². The number of hydrogen-bond acceptors (Lipinski definition) is 4. The van der Waals surface area contributed by atoms with Crippen molar-refractivity contribution in [2.75, 3.05) is 12.3 Å². The van der Waals surface area contributed by atoms with Gasteiger partial charge in [0.25, 0.3) is 0 Å². The average molecular weight is 308 g/mol. The fourth-order valence-corrected chi connectivity index (χ4v) is 3.22. The maximum absolute atomic E-state index is 12.2. The maximum atomic E-state index is 12.2. The maximum Gasteiger partial charge on any atom is 0.179 e. The van der Waals surface area contributed by atoms with Crippen LogP contribution in [0, 0.1) is 17.2 Å². The van der Waals surface area contributed by atoms with Crippen LogP contribution in [0.5, 0.6) is 0 Å². The molecular formula is C16H24N2O2S. The zero-order valence-electron chi connectivity index (χ0n) is 13.0. The van der Waals surface area contributed by atoms with Crippen molar-refractivity contribution in [1.82, 2.24) is 5.32 Å². The Bertz CT molecular complexity index is 589. The van der Waals surface area contributed by atoms with Crippen molar-refractivity contribution in [3.63, 3.8) is 0 Å². The molecule has 1 aromatic rings. The number of hydrogen-bond donors (Lipinski definition) is 1. The third-order valence-corrected chi connectivity index (χ3v) is 5.08. The van der Waals surface area contributed by atoms with Crippen molar-refractivity contribution in [2.45, 2.75) is 44.6 Å². The Morgan fingerprint density at radius 1 is 1.24 bits per heavy atom. The van der Waals surface area contributed by atoms with Gasteiger partial charge in [0.1, 0.15) is 0 Å². The van der Waals surface area contributed by atoms with Gasteiger partial charge in [0.05, 0.1) is 22.3 Å². The third kappa shape index (κ3) is 6.28. The van der Waals surface area contributed by atoms with E-state index in [1.54, 1.807) is 18.2 Å². The lowest BCUT2D eigenvalue weighted by atomic mass is 10.0. The second kappa shape index (κ2) is 8.16. The van der Waals surface area contributed by atoms with Gasteiger partial charge in [-0.1, -0.05) is 19.9 Å². The molecule has 0 amide bonds. The third-order valence-electron chi connectivity index (χ3n) is 3.36. The SMILES string of the molecule is CC(C)CCC(C)NCCS(=O)(=O)c1cccc(C#N)c1. The Morgan fingerprint density at radius 2 is 1.95 bits per heavy atom. The standard InChI is InChI=1S/C16H24N2O2S/c1-13(2)7-8-14(3)18-9-10-21(19,20)16-6-4-5-15(11-16)12-17/h4-6,11,13-14,18H,7-10H2,1-3H3. The summed E-state index contributed by atoms with van der Waals surface area (Å²) in [6, 6.07) is 8.45. The molecular weight excluding hydrogens is 284 g/mol. The van der Waals surface area contributed by atoms with Crippen LogP contribution in [0.15, 0.2) is 29.2 Å². The lowest BCUT2D eigenvalue weighted by Crippen LogP contribution is -2.31. The first-order chi connectivity index (χ1) is 9.85. The van der Waals surface area contributed by atoms with Gasteiger partial charge < -0.3 is 5.32 Å². The lowest BCUT2D eigenvalue weighted by molar-refractivity contribution is 0.459. The molecule has 0 spiro atoms. The molecule has 1 N–H and O–H groups in total. The predicted octanol–water partition coefficient (Wildman–Crippen LogP) is 2.75. The van der Waals surface area contributed by atoms with E-state index in [0.29, 0.717) is 24.1 Å². The van der Waals surface area contributed by atoms with E-state index >= 15 is 0 Å². The van der Waals surface area contributed by atoms with Gasteiger partial charge in [0, 0.05) is 12.6 Å². The van der Waals surface area contributed by atoms with Crippen LogP contribution < -0.4 is 5.32 Å². The second-order valence-electron chi connectivity index (χ2n) is 5.78. The van der Waals surface area contributed by atoms with Crippen LogP contribution in [-0.2, 0) is 9.84 Å². The molecule has 4 nitrogen and oxygen atoms in total. The fraction of sp³-hybridized carbons (Fsp3) is 0.562. The van der Waals surface area contributed by atoms with Crippen LogP contribution >= 0.6 is 0 Å². The predicted molar refractivity (Wildman–Crippen MR) is 84.7 cm³/mol. The molecule has 1 atom stereocenters. The van der Waals surface area contributed by atoms with E-state index in [0.717, 1.165) is 12.8 Å². The van der Waals surface area contributed by atoms with Crippen molar-refractivity contribution in [3.8, 4) is 6.07 Å². The van der Waals surface area contributed by atoms with Gasteiger partial charge in [-0.15, -0.1) is 0 Å². The Kier molecular flexibility index (Phi) is 6.86. The summed E-state index contributed by atoms with van der Waals surface area (Å²) in [5, 5.41) is 12.1. The first kappa shape index (κ1) is 17.7. The minimum Gasteiger partial charge on any atom is -0.313 e. The molecule has 0 aliphatic rings. The minimum atomic E-state index is -3.33. The monoisotopic (exact) mass is 308 g/mol. The summed E-state index contributed by atoms with van der Waals surface area (Å²) in [4.78, 5) is 0.221. The van der Waals surface area contributed by atoms with E-state index in [-0.39, 0.29) is 10.6 Å². The Balaban J connectivity index is 2.52. The molecule has 116 valence electrons. The van der Waals surface area contributed by atoms with E-state index < -0.39 is 9.84 Å². The van der Waals surface area contributed by atoms with Gasteiger partial charge >= 0.3 is 0 Å². The Labute approximate surface area is 128 Å². The molecule has 0 heterocycles. The first-order valence-electron chi connectivity index (χ1n) is 7.31. The second-order valence-corrected chi connectivity index (χ2v) is 7.89. The number of nitrogens with zero attached hydrogens (tertiary/aromatic N) is 1. The number of rotatable bonds is 8. The zero-order valence-corrected chi connectivity index (χ0v) is 13.8. The Hall–Kier alpha value is -1.38. The number of sulfone groups is 1. The van der Waals surface area contributed by atoms with Gasteiger partial charge in [-0.3, -0.25) is 0 Å². The molecule has 0 fully saturated rings. The minimum absolute atomic E-state index is 0.0495. The molecule has 21 heavy (non-hydrogen) atoms. The van der Waals surface area contributed by atoms with Gasteiger partial charge in [-0.25, -0.2) is 8.42 Å². The molecule has 0 bridgehead atoms. The van der Waals surface area contributed by atoms with Crippen molar-refractivity contribution in [2.24, 2.45) is 5.92 Å². The molecule has 1 unspecified atom stereocenters. The number of benzene rings is 1. The summed E-state index contributed by atoms with van der Waals surface area (Å²) in [6.07, 6.45) is 2.17. The zero-order chi connectivity index (χ0) is 15.9. The summed E-state index contributed by atoms with van der Waals surface area (Å²) >= 11 is 0. The largest absolute Gasteiger partial charge is 0.313 e. The van der Waals surface area contributed by atoms with E-state index in [4.69, 9.17) is 5.26 Å². The molecule has 0 radical (unpaired) electrons. The van der Waals surface area contributed by atoms with Crippen LogP contribution in [-0.4, -0.2) is 26.8 Å². The first-order valence-corrected chi connectivity index (χ1v) is 8.96. The highest BCUT2D eigenvalue weighted by Crippen LogP contribution is 2.13. The average Bonchev–Trinajstić information content (AvgIpc) is 2.45. The van der Waals surface area contributed by atoms with Crippen molar-refractivity contribution in [3.05, 3.63) is 29.8 Å². The summed E-state index contributed by atoms with van der Waals surface area (Å²) in [7, 11) is -3.33. The molecule has 0 aliphatic carbocycles. The summed E-state index contributed by atoms with van der Waals surface area (Å²) in [6.45, 7) is 6.86. The van der Waals surface area contributed by atoms with Crippen molar-refractivity contribution >= 4 is 9.84 Å². The molecule has 1 aromatic carbocycles. The van der Waals surface area contributed by atoms with Crippen molar-refractivity contribution < 1.29 is 8.42 Å². The van der Waals surface area contributed by atoms with E-state index in [9.17, 15) is 8.42 Å². The summed E-state index contributed by atoms with van der Waals surface area (Å²) < 4.78 is 24.4. The van der Waals surface area contributed by atoms with Gasteiger partial charge in [0.2, 0.25) is 0 Å². The van der Waals surface area contributed by atoms with Gasteiger partial charge in [-0.05, 0) is 43.9 Å². The Morgan fingerprint density at radius 3 is 2.57 bits per heavy atom. The van der Waals surface area contributed by atoms with Crippen LogP contribution in [0.4, 0.5) is 0 Å². The smallest absolute Gasteiger partial charge is 0.179 e. The van der Waals surface area contributed by atoms with E-state index in [1.807, 2.05) is 6.07 Å². The quantitative estimate of drug-likeness (QED) is 0.801. The molecule has 1 rings (SSSR count). The van der Waals surface area contributed by atoms with Crippen LogP contribution in [0.1, 0.15) is 39.2 Å². The van der Waals surface area contributed by atoms with Gasteiger partial charge in [0.15, 0.2) is 9.84 Å². The molecule has 0 aromatic heterocycles. The highest BCUT2D eigenvalue weighted by Gasteiger charge is 2.15. The molecule has 5 heteroatoms. The number of nitriles is 1. The summed E-state index contributed by atoms with van der Waals surface area (Å²) in [5.74, 6) is 0.708. The highest BCUT2D eigenvalue weighted by atomic mass is 32.2. The molecule has 0 aliphatic heterocycles. The van der Waals surface area contributed by atoms with Gasteiger partial charge in [-0.2, -0.15) is 5.26 Å². The normalized spacial score (nSPS) is 13.1. The topological polar surface area (TPSA) is 70.0 Å². The summed E-state index contributed by atoms with van der Waals surface area (Å²) in [5.41, 5.74) is 0.370. The van der Waals surface area contributed by atoms with Crippen LogP contribution in [0.2, 0.25) is 0 Å². The highest BCUT2D eigenvalue weighted by molar-refractivity contribution is 7.91. The number of nitrogens with one attached hydrogen (secondary N) is 1. The van der Waals surface area contributed by atoms with E-state index in [1.165, 1.54) is 6.07 Å².